The second-order valence-electron chi connectivity index (χ2n) is 8.57. The lowest BCUT2D eigenvalue weighted by molar-refractivity contribution is -0.300. The summed E-state index contributed by atoms with van der Waals surface area (Å²) < 4.78 is 35.1. The molecule has 2 aliphatic heterocycles. The maximum atomic E-state index is 12.9. The molecule has 3 rings (SSSR count). The van der Waals surface area contributed by atoms with E-state index in [0.717, 1.165) is 0 Å². The zero-order valence-electron chi connectivity index (χ0n) is 25.5. The molecule has 42 heavy (non-hydrogen) atoms. The number of carbonyl (C=O) groups is 2. The lowest BCUT2D eigenvalue weighted by Gasteiger charge is -2.20. The van der Waals surface area contributed by atoms with E-state index < -0.39 is 17.5 Å². The quantitative estimate of drug-likeness (QED) is 0.0523. The van der Waals surface area contributed by atoms with Gasteiger partial charge in [0.25, 0.3) is 0 Å². The van der Waals surface area contributed by atoms with E-state index in [4.69, 9.17) is 48.0 Å². The molecular weight excluding hydrogens is 556 g/mol. The van der Waals surface area contributed by atoms with Crippen molar-refractivity contribution in [3.63, 3.8) is 0 Å². The van der Waals surface area contributed by atoms with Crippen LogP contribution in [0.25, 0.3) is 0 Å². The van der Waals surface area contributed by atoms with Crippen molar-refractivity contribution in [2.24, 2.45) is 0 Å². The first kappa shape index (κ1) is 32.8. The molecular formula is C28H40N2O12. The third kappa shape index (κ3) is 6.67. The highest BCUT2D eigenvalue weighted by molar-refractivity contribution is 6.15. The van der Waals surface area contributed by atoms with Crippen molar-refractivity contribution in [2.45, 2.75) is 41.5 Å². The number of hydrogen-bond acceptors (Lipinski definition) is 14. The topological polar surface area (TPSA) is 133 Å². The Balaban J connectivity index is 2.24. The van der Waals surface area contributed by atoms with Gasteiger partial charge in [0.1, 0.15) is 24.6 Å². The summed E-state index contributed by atoms with van der Waals surface area (Å²) in [6, 6.07) is 0. The molecule has 0 spiro atoms. The number of nitrogens with zero attached hydrogens (tertiary/aromatic N) is 2. The summed E-state index contributed by atoms with van der Waals surface area (Å²) in [5.74, 6) is -0.346. The van der Waals surface area contributed by atoms with Crippen LogP contribution < -0.4 is 28.7 Å². The highest BCUT2D eigenvalue weighted by Crippen LogP contribution is 2.63. The molecule has 0 fully saturated rings. The minimum Gasteiger partial charge on any atom is -0.488 e. The summed E-state index contributed by atoms with van der Waals surface area (Å²) in [7, 11) is 3.39. The normalized spacial score (nSPS) is 13.3. The largest absolute Gasteiger partial charge is 0.488 e. The van der Waals surface area contributed by atoms with Crippen molar-refractivity contribution in [3.05, 3.63) is 22.9 Å². The zero-order chi connectivity index (χ0) is 30.8. The van der Waals surface area contributed by atoms with E-state index in [2.05, 4.69) is 0 Å². The van der Waals surface area contributed by atoms with Crippen molar-refractivity contribution in [1.82, 2.24) is 0 Å². The van der Waals surface area contributed by atoms with Gasteiger partial charge in [-0.3, -0.25) is 0 Å². The van der Waals surface area contributed by atoms with Crippen molar-refractivity contribution < 1.29 is 57.6 Å². The Bertz CT molecular complexity index is 1160. The van der Waals surface area contributed by atoms with Crippen LogP contribution in [0.2, 0.25) is 0 Å². The Morgan fingerprint density at radius 2 is 1.02 bits per heavy atom. The highest BCUT2D eigenvalue weighted by Gasteiger charge is 2.45. The number of carbonyl (C=O) groups excluding carboxylic acids is 2. The van der Waals surface area contributed by atoms with Gasteiger partial charge in [0.05, 0.1) is 39.6 Å². The van der Waals surface area contributed by atoms with Crippen LogP contribution in [0, 0.1) is 0 Å². The van der Waals surface area contributed by atoms with Gasteiger partial charge in [-0.25, -0.2) is 29.1 Å². The predicted molar refractivity (Wildman–Crippen MR) is 149 cm³/mol. The fourth-order valence-corrected chi connectivity index (χ4v) is 4.27. The van der Waals surface area contributed by atoms with Crippen LogP contribution in [0.1, 0.15) is 41.5 Å². The van der Waals surface area contributed by atoms with Crippen LogP contribution in [0.3, 0.4) is 0 Å². The Morgan fingerprint density at radius 3 is 1.43 bits per heavy atom. The molecule has 0 N–H and O–H groups in total. The number of hydrogen-bond donors (Lipinski definition) is 0. The summed E-state index contributed by atoms with van der Waals surface area (Å²) in [5.41, 5.74) is 1.04. The van der Waals surface area contributed by atoms with Crippen molar-refractivity contribution >= 4 is 23.3 Å². The smallest absolute Gasteiger partial charge is 0.351 e. The molecule has 0 saturated heterocycles. The van der Waals surface area contributed by atoms with Crippen LogP contribution in [-0.2, 0) is 38.6 Å². The van der Waals surface area contributed by atoms with E-state index in [1.807, 2.05) is 13.8 Å². The number of ether oxygens (including phenoxy) is 6. The van der Waals surface area contributed by atoms with Crippen LogP contribution in [-0.4, -0.2) is 78.9 Å². The first-order chi connectivity index (χ1) is 20.3. The van der Waals surface area contributed by atoms with Crippen molar-refractivity contribution in [1.29, 1.82) is 0 Å². The first-order valence-corrected chi connectivity index (χ1v) is 13.9. The molecule has 0 amide bonds. The molecule has 2 heterocycles. The van der Waals surface area contributed by atoms with E-state index >= 15 is 0 Å². The van der Waals surface area contributed by atoms with Gasteiger partial charge in [-0.05, 0) is 41.5 Å². The van der Waals surface area contributed by atoms with E-state index in [1.165, 1.54) is 4.90 Å². The number of esters is 2. The molecule has 1 aromatic carbocycles. The third-order valence-electron chi connectivity index (χ3n) is 5.87. The van der Waals surface area contributed by atoms with E-state index in [0.29, 0.717) is 53.3 Å². The average molecular weight is 597 g/mol. The van der Waals surface area contributed by atoms with E-state index in [1.54, 1.807) is 46.7 Å². The molecule has 2 aliphatic rings. The second-order valence-corrected chi connectivity index (χ2v) is 8.57. The van der Waals surface area contributed by atoms with Gasteiger partial charge >= 0.3 is 11.9 Å². The van der Waals surface area contributed by atoms with E-state index in [-0.39, 0.29) is 51.3 Å². The lowest BCUT2D eigenvalue weighted by Crippen LogP contribution is -2.27. The monoisotopic (exact) mass is 596 g/mol. The molecule has 0 radical (unpaired) electrons. The van der Waals surface area contributed by atoms with Gasteiger partial charge in [-0.1, -0.05) is 0 Å². The van der Waals surface area contributed by atoms with Gasteiger partial charge in [0.2, 0.25) is 28.8 Å². The number of anilines is 2. The maximum Gasteiger partial charge on any atom is 0.351 e. The summed E-state index contributed by atoms with van der Waals surface area (Å²) in [4.78, 5) is 49.9. The zero-order valence-corrected chi connectivity index (χ0v) is 25.5. The number of rotatable bonds is 16. The molecule has 0 aromatic heterocycles. The Kier molecular flexibility index (Phi) is 12.1. The fourth-order valence-electron chi connectivity index (χ4n) is 4.27. The van der Waals surface area contributed by atoms with Crippen LogP contribution in [0.5, 0.6) is 23.0 Å². The fraction of sp³-hybridized carbons (Fsp3) is 0.571. The Labute approximate surface area is 245 Å². The summed E-state index contributed by atoms with van der Waals surface area (Å²) >= 11 is 0. The number of benzene rings is 1. The predicted octanol–water partition coefficient (Wildman–Crippen LogP) is 3.63. The van der Waals surface area contributed by atoms with Crippen molar-refractivity contribution in [3.8, 4) is 23.0 Å². The SMILES string of the molecule is CCOOCC(COOCC)=C1Oc2c(OCC)c3c(c(OCC)c2N1C)OC(=C(C(=O)OCC)C(=O)OCC)N3C. The van der Waals surface area contributed by atoms with Crippen LogP contribution in [0.15, 0.2) is 22.9 Å². The molecule has 1 aromatic rings. The Hall–Kier alpha value is -3.72. The molecule has 0 atom stereocenters. The molecule has 0 unspecified atom stereocenters. The lowest BCUT2D eigenvalue weighted by atomic mass is 10.1. The molecule has 14 nitrogen and oxygen atoms in total. The third-order valence-corrected chi connectivity index (χ3v) is 5.87. The average Bonchev–Trinajstić information content (AvgIpc) is 3.47. The minimum absolute atomic E-state index is 0.0218. The molecule has 0 saturated carbocycles. The van der Waals surface area contributed by atoms with Crippen LogP contribution >= 0.6 is 0 Å². The number of fused-ring (bicyclic) bond motifs is 2. The maximum absolute atomic E-state index is 12.9. The summed E-state index contributed by atoms with van der Waals surface area (Å²) in [6.07, 6.45) is 0. The van der Waals surface area contributed by atoms with Gasteiger partial charge in [-0.2, -0.15) is 0 Å². The van der Waals surface area contributed by atoms with E-state index in [9.17, 15) is 9.59 Å². The molecule has 234 valence electrons. The summed E-state index contributed by atoms with van der Waals surface area (Å²) in [5, 5.41) is 0. The van der Waals surface area contributed by atoms with Crippen LogP contribution in [0.4, 0.5) is 11.4 Å². The second kappa shape index (κ2) is 15.5. The van der Waals surface area contributed by atoms with Crippen molar-refractivity contribution in [2.75, 3.05) is 76.8 Å². The van der Waals surface area contributed by atoms with Gasteiger partial charge in [0.15, 0.2) is 11.5 Å². The highest BCUT2D eigenvalue weighted by atomic mass is 17.2. The minimum atomic E-state index is -0.888. The standard InChI is InChI=1S/C28H40N2O12/c1-9-33-21-19-23(41-25(29(19)7)17(15-39-37-13-5)16-40-38-14-6)22(34-10-2)20-24(21)42-26(30(20)8)18(27(31)35-11-3)28(32)36-12-4/h9-16H2,1-8H3. The summed E-state index contributed by atoms with van der Waals surface area (Å²) in [6.45, 7) is 11.9. The van der Waals surface area contributed by atoms with Gasteiger partial charge < -0.3 is 38.2 Å². The molecule has 0 bridgehead atoms. The molecule has 14 heteroatoms. The van der Waals surface area contributed by atoms with Gasteiger partial charge in [-0.15, -0.1) is 0 Å². The Morgan fingerprint density at radius 1 is 0.595 bits per heavy atom. The first-order valence-electron chi connectivity index (χ1n) is 13.9. The molecule has 0 aliphatic carbocycles. The van der Waals surface area contributed by atoms with Gasteiger partial charge in [0, 0.05) is 19.7 Å².